The van der Waals surface area contributed by atoms with E-state index in [0.29, 0.717) is 17.1 Å². The zero-order chi connectivity index (χ0) is 15.2. The first-order chi connectivity index (χ1) is 9.11. The molecule has 0 aromatic rings. The van der Waals surface area contributed by atoms with Gasteiger partial charge in [0.2, 0.25) is 10.0 Å². The fraction of sp³-hybridized carbons (Fsp3) is 0.909. The van der Waals surface area contributed by atoms with Crippen molar-refractivity contribution in [2.75, 3.05) is 13.1 Å². The molecule has 0 bridgehead atoms. The summed E-state index contributed by atoms with van der Waals surface area (Å²) in [5, 5.41) is 8.24. The molecule has 9 heteroatoms. The van der Waals surface area contributed by atoms with Crippen molar-refractivity contribution in [3.63, 3.8) is 0 Å². The first-order valence-corrected chi connectivity index (χ1v) is 7.91. The zero-order valence-electron chi connectivity index (χ0n) is 10.7. The van der Waals surface area contributed by atoms with E-state index in [1.807, 2.05) is 0 Å². The predicted molar refractivity (Wildman–Crippen MR) is 63.5 cm³/mol. The molecule has 0 amide bonds. The van der Waals surface area contributed by atoms with Crippen molar-refractivity contribution in [1.82, 2.24) is 4.31 Å². The monoisotopic (exact) mass is 315 g/mol. The number of sulfonamides is 1. The lowest BCUT2D eigenvalue weighted by atomic mass is 9.86. The quantitative estimate of drug-likeness (QED) is 0.858. The van der Waals surface area contributed by atoms with Crippen LogP contribution >= 0.6 is 0 Å². The van der Waals surface area contributed by atoms with Crippen LogP contribution in [0.2, 0.25) is 0 Å². The van der Waals surface area contributed by atoms with Gasteiger partial charge in [0.1, 0.15) is 0 Å². The molecule has 1 atom stereocenters. The highest BCUT2D eigenvalue weighted by Crippen LogP contribution is 2.47. The molecule has 20 heavy (non-hydrogen) atoms. The predicted octanol–water partition coefficient (Wildman–Crippen LogP) is 1.60. The summed E-state index contributed by atoms with van der Waals surface area (Å²) in [7, 11) is -3.83. The number of carbonyl (C=O) groups is 1. The van der Waals surface area contributed by atoms with Crippen molar-refractivity contribution < 1.29 is 31.5 Å². The van der Waals surface area contributed by atoms with Crippen LogP contribution in [0.3, 0.4) is 0 Å². The van der Waals surface area contributed by atoms with E-state index in [-0.39, 0.29) is 6.54 Å². The molecule has 1 saturated carbocycles. The van der Waals surface area contributed by atoms with Crippen molar-refractivity contribution in [2.24, 2.45) is 5.41 Å². The highest BCUT2D eigenvalue weighted by atomic mass is 32.2. The van der Waals surface area contributed by atoms with Gasteiger partial charge < -0.3 is 5.11 Å². The second kappa shape index (κ2) is 4.87. The number of carboxylic acid groups (broad SMARTS) is 1. The molecular weight excluding hydrogens is 299 g/mol. The Balaban J connectivity index is 2.25. The van der Waals surface area contributed by atoms with Gasteiger partial charge in [-0.15, -0.1) is 0 Å². The minimum atomic E-state index is -4.96. The summed E-state index contributed by atoms with van der Waals surface area (Å²) in [5.41, 5.74) is -2.97. The number of alkyl halides is 3. The van der Waals surface area contributed by atoms with Gasteiger partial charge in [-0.1, -0.05) is 12.8 Å². The second-order valence-corrected chi connectivity index (χ2v) is 7.63. The van der Waals surface area contributed by atoms with Gasteiger partial charge in [-0.2, -0.15) is 13.2 Å². The molecule has 0 spiro atoms. The van der Waals surface area contributed by atoms with E-state index in [2.05, 4.69) is 0 Å². The van der Waals surface area contributed by atoms with E-state index >= 15 is 0 Å². The minimum absolute atomic E-state index is 0.384. The summed E-state index contributed by atoms with van der Waals surface area (Å²) in [6.07, 6.45) is -3.34. The molecule has 1 saturated heterocycles. The highest BCUT2D eigenvalue weighted by molar-refractivity contribution is 7.89. The molecule has 0 aromatic heterocycles. The van der Waals surface area contributed by atoms with E-state index in [0.717, 1.165) is 12.8 Å². The largest absolute Gasteiger partial charge is 0.481 e. The lowest BCUT2D eigenvalue weighted by molar-refractivity contribution is -0.226. The van der Waals surface area contributed by atoms with Crippen LogP contribution in [-0.4, -0.2) is 48.3 Å². The fourth-order valence-electron chi connectivity index (χ4n) is 2.92. The number of carboxylic acids is 1. The first kappa shape index (κ1) is 15.6. The summed E-state index contributed by atoms with van der Waals surface area (Å²) in [4.78, 5) is 11.0. The molecule has 2 fully saturated rings. The number of halogens is 3. The third kappa shape index (κ3) is 2.30. The van der Waals surface area contributed by atoms with E-state index in [4.69, 9.17) is 5.11 Å². The molecule has 0 radical (unpaired) electrons. The molecule has 1 heterocycles. The Labute approximate surface area is 114 Å². The zero-order valence-corrected chi connectivity index (χ0v) is 11.5. The molecule has 1 aliphatic carbocycles. The second-order valence-electron chi connectivity index (χ2n) is 5.42. The maximum absolute atomic E-state index is 13.0. The van der Waals surface area contributed by atoms with Crippen molar-refractivity contribution in [3.8, 4) is 0 Å². The first-order valence-electron chi connectivity index (χ1n) is 6.40. The Morgan fingerprint density at radius 3 is 2.20 bits per heavy atom. The third-order valence-corrected chi connectivity index (χ3v) is 6.61. The van der Waals surface area contributed by atoms with Gasteiger partial charge in [-0.05, 0) is 19.3 Å². The van der Waals surface area contributed by atoms with Crippen LogP contribution in [0.5, 0.6) is 0 Å². The smallest absolute Gasteiger partial charge is 0.406 e. The standard InChI is InChI=1S/C11H16F3NO4S/c12-11(13,14)10(9(16)17)5-6-15(7-10)20(18,19)8-3-1-2-4-8/h8H,1-7H2,(H,16,17). The van der Waals surface area contributed by atoms with Crippen molar-refractivity contribution in [2.45, 2.75) is 43.5 Å². The fourth-order valence-corrected chi connectivity index (χ4v) is 5.01. The molecule has 1 aliphatic heterocycles. The summed E-state index contributed by atoms with van der Waals surface area (Å²) < 4.78 is 64.2. The number of hydrogen-bond acceptors (Lipinski definition) is 3. The number of nitrogens with zero attached hydrogens (tertiary/aromatic N) is 1. The number of aliphatic carboxylic acids is 1. The molecule has 1 N–H and O–H groups in total. The van der Waals surface area contributed by atoms with Crippen molar-refractivity contribution >= 4 is 16.0 Å². The molecule has 0 aromatic carbocycles. The molecule has 116 valence electrons. The summed E-state index contributed by atoms with van der Waals surface area (Å²) in [6.45, 7) is -1.39. The molecular formula is C11H16F3NO4S. The lowest BCUT2D eigenvalue weighted by Crippen LogP contribution is -2.48. The Hall–Kier alpha value is -0.830. The molecule has 1 unspecified atom stereocenters. The van der Waals surface area contributed by atoms with Crippen molar-refractivity contribution in [1.29, 1.82) is 0 Å². The molecule has 2 aliphatic rings. The third-order valence-electron chi connectivity index (χ3n) is 4.27. The van der Waals surface area contributed by atoms with Gasteiger partial charge in [0, 0.05) is 13.1 Å². The van der Waals surface area contributed by atoms with E-state index in [9.17, 15) is 26.4 Å². The summed E-state index contributed by atoms with van der Waals surface area (Å²) >= 11 is 0. The van der Waals surface area contributed by atoms with Gasteiger partial charge >= 0.3 is 12.1 Å². The number of hydrogen-bond donors (Lipinski definition) is 1. The Kier molecular flexibility index (Phi) is 3.79. The molecule has 2 rings (SSSR count). The van der Waals surface area contributed by atoms with Gasteiger partial charge in [-0.3, -0.25) is 4.79 Å². The Bertz CT molecular complexity index is 498. The maximum atomic E-state index is 13.0. The Morgan fingerprint density at radius 2 is 1.80 bits per heavy atom. The van der Waals surface area contributed by atoms with E-state index in [1.165, 1.54) is 0 Å². The average molecular weight is 315 g/mol. The van der Waals surface area contributed by atoms with Crippen LogP contribution in [0, 0.1) is 5.41 Å². The maximum Gasteiger partial charge on any atom is 0.406 e. The van der Waals surface area contributed by atoms with Crippen LogP contribution in [-0.2, 0) is 14.8 Å². The van der Waals surface area contributed by atoms with Crippen LogP contribution in [0.15, 0.2) is 0 Å². The summed E-state index contributed by atoms with van der Waals surface area (Å²) in [5.74, 6) is -2.01. The van der Waals surface area contributed by atoms with Gasteiger partial charge in [0.15, 0.2) is 5.41 Å². The van der Waals surface area contributed by atoms with Crippen molar-refractivity contribution in [3.05, 3.63) is 0 Å². The van der Waals surface area contributed by atoms with E-state index < -0.39 is 45.8 Å². The van der Waals surface area contributed by atoms with Gasteiger partial charge in [0.25, 0.3) is 0 Å². The van der Waals surface area contributed by atoms with Crippen LogP contribution in [0.4, 0.5) is 13.2 Å². The number of rotatable bonds is 3. The molecule has 5 nitrogen and oxygen atoms in total. The summed E-state index contributed by atoms with van der Waals surface area (Å²) in [6, 6.07) is 0. The van der Waals surface area contributed by atoms with Crippen LogP contribution in [0.1, 0.15) is 32.1 Å². The van der Waals surface area contributed by atoms with Crippen LogP contribution in [0.25, 0.3) is 0 Å². The lowest BCUT2D eigenvalue weighted by Gasteiger charge is -2.28. The minimum Gasteiger partial charge on any atom is -0.481 e. The average Bonchev–Trinajstić information content (AvgIpc) is 2.99. The normalized spacial score (nSPS) is 29.9. The van der Waals surface area contributed by atoms with Crippen LogP contribution < -0.4 is 0 Å². The van der Waals surface area contributed by atoms with Gasteiger partial charge in [-0.25, -0.2) is 12.7 Å². The van der Waals surface area contributed by atoms with Gasteiger partial charge in [0.05, 0.1) is 5.25 Å². The highest BCUT2D eigenvalue weighted by Gasteiger charge is 2.65. The SMILES string of the molecule is O=C(O)C1(C(F)(F)F)CCN(S(=O)(=O)C2CCCC2)C1. The van der Waals surface area contributed by atoms with E-state index in [1.54, 1.807) is 0 Å². The topological polar surface area (TPSA) is 74.7 Å². The Morgan fingerprint density at radius 1 is 1.25 bits per heavy atom.